The maximum absolute atomic E-state index is 5.74. The maximum Gasteiger partial charge on any atom is 0.114 e. The molecule has 1 aromatic rings. The van der Waals surface area contributed by atoms with Crippen LogP contribution in [-0.4, -0.2) is 15.7 Å². The van der Waals surface area contributed by atoms with Crippen LogP contribution >= 0.6 is 0 Å². The normalized spacial score (nSPS) is 10.5. The maximum atomic E-state index is 5.74. The minimum Gasteiger partial charge on any atom is -0.0972 e. The van der Waals surface area contributed by atoms with E-state index in [-0.39, 0.29) is 0 Å². The third-order valence-electron chi connectivity index (χ3n) is 1.73. The van der Waals surface area contributed by atoms with Gasteiger partial charge in [-0.25, -0.2) is 0 Å². The predicted molar refractivity (Wildman–Crippen MR) is 51.3 cm³/mol. The molecule has 0 aliphatic rings. The molecule has 11 heavy (non-hydrogen) atoms. The van der Waals surface area contributed by atoms with E-state index >= 15 is 0 Å². The summed E-state index contributed by atoms with van der Waals surface area (Å²) in [5.41, 5.74) is 2.69. The van der Waals surface area contributed by atoms with E-state index in [1.165, 1.54) is 5.56 Å². The third-order valence-corrected chi connectivity index (χ3v) is 1.73. The van der Waals surface area contributed by atoms with E-state index in [0.717, 1.165) is 10.9 Å². The summed E-state index contributed by atoms with van der Waals surface area (Å²) in [7, 11) is 11.3. The van der Waals surface area contributed by atoms with Gasteiger partial charge in [-0.1, -0.05) is 48.5 Å². The zero-order valence-corrected chi connectivity index (χ0v) is 6.96. The van der Waals surface area contributed by atoms with Gasteiger partial charge in [-0.05, 0) is 5.92 Å². The summed E-state index contributed by atoms with van der Waals surface area (Å²) in [4.78, 5) is 0. The van der Waals surface area contributed by atoms with E-state index in [9.17, 15) is 0 Å². The Hall–Kier alpha value is -0.650. The second kappa shape index (κ2) is 3.17. The Kier molecular flexibility index (Phi) is 2.43. The lowest BCUT2D eigenvalue weighted by Crippen LogP contribution is -2.18. The lowest BCUT2D eigenvalue weighted by atomic mass is 9.81. The molecular formula is C9H10B2. The van der Waals surface area contributed by atoms with Crippen molar-refractivity contribution in [2.24, 2.45) is 0 Å². The minimum absolute atomic E-state index is 0.468. The van der Waals surface area contributed by atoms with Crippen LogP contribution in [0, 0.1) is 0 Å². The second-order valence-electron chi connectivity index (χ2n) is 3.04. The molecule has 0 amide bonds. The van der Waals surface area contributed by atoms with Crippen molar-refractivity contribution in [1.82, 2.24) is 0 Å². The first kappa shape index (κ1) is 8.45. The Morgan fingerprint density at radius 2 is 1.82 bits per heavy atom. The van der Waals surface area contributed by atoms with Crippen LogP contribution in [0.3, 0.4) is 0 Å². The van der Waals surface area contributed by atoms with Crippen molar-refractivity contribution in [3.8, 4) is 0 Å². The molecule has 0 spiro atoms. The fourth-order valence-corrected chi connectivity index (χ4v) is 1.12. The summed E-state index contributed by atoms with van der Waals surface area (Å²) in [5, 5.41) is 0. The molecular weight excluding hydrogens is 130 g/mol. The van der Waals surface area contributed by atoms with Crippen LogP contribution in [0.1, 0.15) is 25.3 Å². The van der Waals surface area contributed by atoms with Crippen LogP contribution in [-0.2, 0) is 0 Å². The highest BCUT2D eigenvalue weighted by Gasteiger charge is 2.00. The topological polar surface area (TPSA) is 0 Å². The first-order valence-electron chi connectivity index (χ1n) is 3.76. The lowest BCUT2D eigenvalue weighted by Gasteiger charge is -2.10. The van der Waals surface area contributed by atoms with Gasteiger partial charge in [-0.3, -0.25) is 0 Å². The molecule has 2 heteroatoms. The van der Waals surface area contributed by atoms with Crippen LogP contribution in [0.25, 0.3) is 0 Å². The standard InChI is InChI=1S/C9H10B2/c1-6(2)8-4-3-7(10)5-9(8)11/h3-6H,1-2H3. The van der Waals surface area contributed by atoms with Gasteiger partial charge in [0.1, 0.15) is 15.7 Å². The smallest absolute Gasteiger partial charge is 0.0972 e. The van der Waals surface area contributed by atoms with Crippen LogP contribution in [0.15, 0.2) is 18.2 Å². The summed E-state index contributed by atoms with van der Waals surface area (Å²) in [6, 6.07) is 5.66. The molecule has 0 fully saturated rings. The van der Waals surface area contributed by atoms with E-state index in [1.807, 2.05) is 12.1 Å². The molecule has 1 rings (SSSR count). The van der Waals surface area contributed by atoms with E-state index in [4.69, 9.17) is 15.7 Å². The molecule has 0 saturated carbocycles. The average molecular weight is 140 g/mol. The van der Waals surface area contributed by atoms with E-state index < -0.39 is 0 Å². The molecule has 0 saturated heterocycles. The molecule has 52 valence electrons. The lowest BCUT2D eigenvalue weighted by molar-refractivity contribution is 0.874. The van der Waals surface area contributed by atoms with Crippen LogP contribution in [0.5, 0.6) is 0 Å². The predicted octanol–water partition coefficient (Wildman–Crippen LogP) is 0.398. The first-order valence-corrected chi connectivity index (χ1v) is 3.76. The van der Waals surface area contributed by atoms with Gasteiger partial charge < -0.3 is 0 Å². The van der Waals surface area contributed by atoms with Gasteiger partial charge in [0.25, 0.3) is 0 Å². The summed E-state index contributed by atoms with van der Waals surface area (Å²) < 4.78 is 0. The molecule has 0 aromatic heterocycles. The average Bonchev–Trinajstić information content (AvgIpc) is 1.85. The Bertz CT molecular complexity index is 254. The number of hydrogen-bond acceptors (Lipinski definition) is 0. The molecule has 0 bridgehead atoms. The van der Waals surface area contributed by atoms with Crippen LogP contribution in [0.4, 0.5) is 0 Å². The van der Waals surface area contributed by atoms with E-state index in [0.29, 0.717) is 5.92 Å². The Balaban J connectivity index is 3.09. The van der Waals surface area contributed by atoms with Gasteiger partial charge in [0, 0.05) is 0 Å². The van der Waals surface area contributed by atoms with Crippen molar-refractivity contribution in [2.75, 3.05) is 0 Å². The van der Waals surface area contributed by atoms with Crippen molar-refractivity contribution in [1.29, 1.82) is 0 Å². The van der Waals surface area contributed by atoms with Crippen molar-refractivity contribution >= 4 is 26.6 Å². The van der Waals surface area contributed by atoms with Gasteiger partial charge in [0.2, 0.25) is 0 Å². The SMILES string of the molecule is [B]c1ccc(C(C)C)c([B])c1. The number of benzene rings is 1. The van der Waals surface area contributed by atoms with E-state index in [1.54, 1.807) is 6.07 Å². The van der Waals surface area contributed by atoms with Crippen molar-refractivity contribution in [2.45, 2.75) is 19.8 Å². The van der Waals surface area contributed by atoms with Gasteiger partial charge in [-0.2, -0.15) is 0 Å². The fourth-order valence-electron chi connectivity index (χ4n) is 1.12. The monoisotopic (exact) mass is 140 g/mol. The number of rotatable bonds is 1. The quantitative estimate of drug-likeness (QED) is 0.495. The Labute approximate surface area is 70.8 Å². The second-order valence-corrected chi connectivity index (χ2v) is 3.04. The largest absolute Gasteiger partial charge is 0.114 e. The Morgan fingerprint density at radius 1 is 1.18 bits per heavy atom. The molecule has 0 unspecified atom stereocenters. The summed E-state index contributed by atoms with van der Waals surface area (Å²) in [6.07, 6.45) is 0. The highest BCUT2D eigenvalue weighted by molar-refractivity contribution is 6.38. The summed E-state index contributed by atoms with van der Waals surface area (Å²) in [6.45, 7) is 4.23. The zero-order valence-electron chi connectivity index (χ0n) is 6.96. The van der Waals surface area contributed by atoms with Crippen LogP contribution in [0.2, 0.25) is 0 Å². The van der Waals surface area contributed by atoms with E-state index in [2.05, 4.69) is 13.8 Å². The van der Waals surface area contributed by atoms with Crippen molar-refractivity contribution < 1.29 is 0 Å². The van der Waals surface area contributed by atoms with Gasteiger partial charge in [0.05, 0.1) is 0 Å². The molecule has 0 atom stereocenters. The molecule has 4 radical (unpaired) electrons. The summed E-state index contributed by atoms with van der Waals surface area (Å²) >= 11 is 0. The molecule has 0 nitrogen and oxygen atoms in total. The molecule has 0 N–H and O–H groups in total. The molecule has 0 aliphatic heterocycles. The highest BCUT2D eigenvalue weighted by Crippen LogP contribution is 2.08. The Morgan fingerprint density at radius 3 is 2.27 bits per heavy atom. The summed E-state index contributed by atoms with van der Waals surface area (Å²) in [5.74, 6) is 0.468. The van der Waals surface area contributed by atoms with Crippen molar-refractivity contribution in [3.05, 3.63) is 23.8 Å². The van der Waals surface area contributed by atoms with Gasteiger partial charge in [0.15, 0.2) is 0 Å². The van der Waals surface area contributed by atoms with Crippen LogP contribution < -0.4 is 10.9 Å². The first-order chi connectivity index (χ1) is 5.11. The molecule has 1 aromatic carbocycles. The van der Waals surface area contributed by atoms with Gasteiger partial charge >= 0.3 is 0 Å². The zero-order chi connectivity index (χ0) is 8.43. The molecule has 0 aliphatic carbocycles. The highest BCUT2D eigenvalue weighted by atomic mass is 14.0. The minimum atomic E-state index is 0.468. The third kappa shape index (κ3) is 1.89. The van der Waals surface area contributed by atoms with Crippen molar-refractivity contribution in [3.63, 3.8) is 0 Å². The number of hydrogen-bond donors (Lipinski definition) is 0. The van der Waals surface area contributed by atoms with Gasteiger partial charge in [-0.15, -0.1) is 0 Å². The fraction of sp³-hybridized carbons (Fsp3) is 0.333. The molecule has 0 heterocycles.